The van der Waals surface area contributed by atoms with Gasteiger partial charge in [0.25, 0.3) is 0 Å². The lowest BCUT2D eigenvalue weighted by atomic mass is 10.1. The largest absolute Gasteiger partial charge is 0.385 e. The maximum atomic E-state index is 4.96. The van der Waals surface area contributed by atoms with E-state index in [2.05, 4.69) is 71.9 Å². The zero-order valence-corrected chi connectivity index (χ0v) is 15.3. The monoisotopic (exact) mass is 346 g/mol. The molecule has 134 valence electrons. The minimum atomic E-state index is 0.161. The molecular weight excluding hydrogens is 320 g/mol. The second-order valence-electron chi connectivity index (χ2n) is 7.03. The van der Waals surface area contributed by atoms with Crippen LogP contribution in [0.2, 0.25) is 0 Å². The molecule has 1 heterocycles. The summed E-state index contributed by atoms with van der Waals surface area (Å²) < 4.78 is 0. The van der Waals surface area contributed by atoms with Crippen molar-refractivity contribution in [3.05, 3.63) is 66.2 Å². The molecule has 0 aromatic heterocycles. The van der Waals surface area contributed by atoms with Crippen LogP contribution in [-0.2, 0) is 0 Å². The number of benzene rings is 2. The van der Waals surface area contributed by atoms with E-state index in [-0.39, 0.29) is 6.17 Å². The van der Waals surface area contributed by atoms with E-state index in [0.717, 1.165) is 47.0 Å². The molecule has 4 nitrogen and oxygen atoms in total. The third-order valence-corrected chi connectivity index (χ3v) is 4.91. The van der Waals surface area contributed by atoms with Crippen LogP contribution >= 0.6 is 0 Å². The molecule has 0 amide bonds. The van der Waals surface area contributed by atoms with Gasteiger partial charge in [0.2, 0.25) is 0 Å². The van der Waals surface area contributed by atoms with Crippen molar-refractivity contribution in [2.75, 3.05) is 17.2 Å². The minimum Gasteiger partial charge on any atom is -0.385 e. The Labute approximate surface area is 155 Å². The second-order valence-corrected chi connectivity index (χ2v) is 7.03. The summed E-state index contributed by atoms with van der Waals surface area (Å²) in [5.41, 5.74) is 5.31. The van der Waals surface area contributed by atoms with Gasteiger partial charge in [0, 0.05) is 34.7 Å². The number of aliphatic imine (C=N–C) groups is 1. The number of anilines is 2. The van der Waals surface area contributed by atoms with Crippen LogP contribution in [0.1, 0.15) is 37.3 Å². The van der Waals surface area contributed by atoms with Crippen molar-refractivity contribution in [2.24, 2.45) is 10.9 Å². The van der Waals surface area contributed by atoms with Gasteiger partial charge in [-0.05, 0) is 43.4 Å². The van der Waals surface area contributed by atoms with E-state index in [1.54, 1.807) is 0 Å². The summed E-state index contributed by atoms with van der Waals surface area (Å²) in [6, 6.07) is 16.6. The van der Waals surface area contributed by atoms with Crippen molar-refractivity contribution in [1.82, 2.24) is 5.32 Å². The number of hydrogen-bond acceptors (Lipinski definition) is 4. The fraction of sp³-hybridized carbons (Fsp3) is 0.318. The molecule has 26 heavy (non-hydrogen) atoms. The maximum Gasteiger partial charge on any atom is 0.137 e. The van der Waals surface area contributed by atoms with Crippen LogP contribution in [-0.4, -0.2) is 18.5 Å². The van der Waals surface area contributed by atoms with Gasteiger partial charge in [-0.1, -0.05) is 43.8 Å². The van der Waals surface area contributed by atoms with Crippen molar-refractivity contribution in [1.29, 1.82) is 0 Å². The molecule has 4 rings (SSSR count). The zero-order valence-electron chi connectivity index (χ0n) is 15.3. The number of nitrogens with zero attached hydrogens (tertiary/aromatic N) is 1. The summed E-state index contributed by atoms with van der Waals surface area (Å²) in [4.78, 5) is 4.96. The van der Waals surface area contributed by atoms with E-state index < -0.39 is 0 Å². The second kappa shape index (κ2) is 7.24. The smallest absolute Gasteiger partial charge is 0.137 e. The highest BCUT2D eigenvalue weighted by molar-refractivity contribution is 6.08. The molecular formula is C22H26N4. The summed E-state index contributed by atoms with van der Waals surface area (Å²) >= 11 is 0. The van der Waals surface area contributed by atoms with E-state index in [1.807, 2.05) is 6.07 Å². The number of amidine groups is 1. The number of nitrogens with one attached hydrogen (secondary N) is 3. The molecule has 2 aromatic carbocycles. The zero-order chi connectivity index (χ0) is 17.9. The Balaban J connectivity index is 1.60. The van der Waals surface area contributed by atoms with Gasteiger partial charge in [-0.15, -0.1) is 0 Å². The first-order valence-electron chi connectivity index (χ1n) is 9.49. The molecule has 1 aliphatic carbocycles. The van der Waals surface area contributed by atoms with Crippen molar-refractivity contribution in [2.45, 2.75) is 32.4 Å². The number of hydrogen-bond donors (Lipinski definition) is 3. The van der Waals surface area contributed by atoms with Crippen LogP contribution in [0.15, 0.2) is 60.1 Å². The highest BCUT2D eigenvalue weighted by Gasteiger charge is 2.34. The SMILES string of the molecule is C=C(NC1=NC(C2CC2)Nc2ccccc21)c1ccccc1NCCC. The Morgan fingerprint density at radius 3 is 2.73 bits per heavy atom. The van der Waals surface area contributed by atoms with Gasteiger partial charge in [-0.25, -0.2) is 4.99 Å². The van der Waals surface area contributed by atoms with E-state index in [4.69, 9.17) is 4.99 Å². The molecule has 1 atom stereocenters. The van der Waals surface area contributed by atoms with Gasteiger partial charge < -0.3 is 16.0 Å². The quantitative estimate of drug-likeness (QED) is 0.712. The molecule has 1 saturated carbocycles. The van der Waals surface area contributed by atoms with Crippen molar-refractivity contribution < 1.29 is 0 Å². The van der Waals surface area contributed by atoms with Crippen LogP contribution in [0.25, 0.3) is 5.70 Å². The van der Waals surface area contributed by atoms with Gasteiger partial charge in [0.05, 0.1) is 0 Å². The Hall–Kier alpha value is -2.75. The number of fused-ring (bicyclic) bond motifs is 1. The molecule has 2 aliphatic rings. The summed E-state index contributed by atoms with van der Waals surface area (Å²) in [5.74, 6) is 1.55. The standard InChI is InChI=1S/C22H26N4/c1-3-14-23-19-10-6-4-8-17(19)15(2)24-22-18-9-5-7-11-20(18)25-21(26-22)16-12-13-16/h4-11,16,21,23,25H,2-3,12-14H2,1H3,(H,24,26). The minimum absolute atomic E-state index is 0.161. The molecule has 4 heteroatoms. The summed E-state index contributed by atoms with van der Waals surface area (Å²) in [6.45, 7) is 7.41. The molecule has 1 fully saturated rings. The van der Waals surface area contributed by atoms with Gasteiger partial charge in [0.15, 0.2) is 0 Å². The summed E-state index contributed by atoms with van der Waals surface area (Å²) in [5, 5.41) is 10.6. The molecule has 1 unspecified atom stereocenters. The van der Waals surface area contributed by atoms with E-state index in [9.17, 15) is 0 Å². The molecule has 1 aliphatic heterocycles. The Kier molecular flexibility index (Phi) is 4.65. The molecule has 0 radical (unpaired) electrons. The number of rotatable bonds is 6. The molecule has 0 spiro atoms. The highest BCUT2D eigenvalue weighted by Crippen LogP contribution is 2.37. The molecule has 0 bridgehead atoms. The summed E-state index contributed by atoms with van der Waals surface area (Å²) in [7, 11) is 0. The fourth-order valence-electron chi connectivity index (χ4n) is 3.32. The lowest BCUT2D eigenvalue weighted by Gasteiger charge is -2.27. The van der Waals surface area contributed by atoms with Gasteiger partial charge >= 0.3 is 0 Å². The Morgan fingerprint density at radius 2 is 1.92 bits per heavy atom. The van der Waals surface area contributed by atoms with Gasteiger partial charge in [-0.2, -0.15) is 0 Å². The average molecular weight is 346 g/mol. The lowest BCUT2D eigenvalue weighted by Crippen LogP contribution is -2.34. The van der Waals surface area contributed by atoms with E-state index in [0.29, 0.717) is 5.92 Å². The first-order valence-corrected chi connectivity index (χ1v) is 9.49. The molecule has 3 N–H and O–H groups in total. The van der Waals surface area contributed by atoms with Crippen LogP contribution in [0.3, 0.4) is 0 Å². The maximum absolute atomic E-state index is 4.96. The van der Waals surface area contributed by atoms with Crippen LogP contribution in [0.5, 0.6) is 0 Å². The van der Waals surface area contributed by atoms with Crippen molar-refractivity contribution in [3.8, 4) is 0 Å². The van der Waals surface area contributed by atoms with Gasteiger partial charge in [-0.3, -0.25) is 0 Å². The van der Waals surface area contributed by atoms with Crippen LogP contribution in [0.4, 0.5) is 11.4 Å². The van der Waals surface area contributed by atoms with E-state index >= 15 is 0 Å². The summed E-state index contributed by atoms with van der Waals surface area (Å²) in [6.07, 6.45) is 3.75. The van der Waals surface area contributed by atoms with Crippen molar-refractivity contribution >= 4 is 22.9 Å². The molecule has 2 aromatic rings. The Morgan fingerprint density at radius 1 is 1.15 bits per heavy atom. The van der Waals surface area contributed by atoms with Crippen LogP contribution in [0, 0.1) is 5.92 Å². The lowest BCUT2D eigenvalue weighted by molar-refractivity contribution is 0.659. The predicted octanol–water partition coefficient (Wildman–Crippen LogP) is 4.68. The Bertz CT molecular complexity index is 836. The molecule has 0 saturated heterocycles. The van der Waals surface area contributed by atoms with Crippen LogP contribution < -0.4 is 16.0 Å². The highest BCUT2D eigenvalue weighted by atomic mass is 15.2. The topological polar surface area (TPSA) is 48.5 Å². The normalized spacial score (nSPS) is 18.3. The van der Waals surface area contributed by atoms with Gasteiger partial charge in [0.1, 0.15) is 12.0 Å². The predicted molar refractivity (Wildman–Crippen MR) is 111 cm³/mol. The third-order valence-electron chi connectivity index (χ3n) is 4.91. The third kappa shape index (κ3) is 3.45. The number of para-hydroxylation sites is 2. The van der Waals surface area contributed by atoms with E-state index in [1.165, 1.54) is 12.8 Å². The first-order chi connectivity index (χ1) is 12.8. The fourth-order valence-corrected chi connectivity index (χ4v) is 3.32. The van der Waals surface area contributed by atoms with Crippen molar-refractivity contribution in [3.63, 3.8) is 0 Å². The first kappa shape index (κ1) is 16.7. The average Bonchev–Trinajstić information content (AvgIpc) is 3.52.